The first-order chi connectivity index (χ1) is 8.45. The van der Waals surface area contributed by atoms with E-state index in [2.05, 4.69) is 59.6 Å². The summed E-state index contributed by atoms with van der Waals surface area (Å²) in [5.41, 5.74) is 0.308. The van der Waals surface area contributed by atoms with Crippen LogP contribution in [0.5, 0.6) is 0 Å². The number of rotatable bonds is 3. The van der Waals surface area contributed by atoms with Gasteiger partial charge in [-0.2, -0.15) is 0 Å². The second kappa shape index (κ2) is 5.92. The van der Waals surface area contributed by atoms with Crippen molar-refractivity contribution in [2.24, 2.45) is 0 Å². The van der Waals surface area contributed by atoms with Gasteiger partial charge in [0.2, 0.25) is 0 Å². The molecule has 1 saturated heterocycles. The Morgan fingerprint density at radius 2 is 2.00 bits per heavy atom. The van der Waals surface area contributed by atoms with E-state index in [9.17, 15) is 0 Å². The molecule has 2 rings (SSSR count). The topological polar surface area (TPSA) is 28.4 Å². The Labute approximate surface area is 123 Å². The van der Waals surface area contributed by atoms with Gasteiger partial charge >= 0.3 is 0 Å². The summed E-state index contributed by atoms with van der Waals surface area (Å²) in [5.74, 6) is 1.04. The summed E-state index contributed by atoms with van der Waals surface area (Å²) in [4.78, 5) is 2.57. The van der Waals surface area contributed by atoms with Crippen molar-refractivity contribution in [2.45, 2.75) is 51.7 Å². The number of nitrogens with zero attached hydrogens (tertiary/aromatic N) is 1. The quantitative estimate of drug-likeness (QED) is 0.837. The van der Waals surface area contributed by atoms with Crippen molar-refractivity contribution >= 4 is 22.6 Å². The molecule has 0 aliphatic carbocycles. The van der Waals surface area contributed by atoms with Gasteiger partial charge in [-0.1, -0.05) is 0 Å². The first-order valence-electron chi connectivity index (χ1n) is 6.68. The number of halogens is 1. The average Bonchev–Trinajstić information content (AvgIpc) is 2.72. The highest BCUT2D eigenvalue weighted by Crippen LogP contribution is 2.20. The van der Waals surface area contributed by atoms with Gasteiger partial charge in [0.15, 0.2) is 3.77 Å². The standard InChI is InChI=1S/C14H23IN2O/c1-14(2,3)17-8-6-11(7-9-17)16-10-12-4-5-13(15)18-12/h4-5,11,16H,6-10H2,1-3H3. The lowest BCUT2D eigenvalue weighted by Gasteiger charge is -2.41. The summed E-state index contributed by atoms with van der Waals surface area (Å²) >= 11 is 2.21. The van der Waals surface area contributed by atoms with Crippen molar-refractivity contribution < 1.29 is 4.42 Å². The van der Waals surface area contributed by atoms with Gasteiger partial charge in [-0.3, -0.25) is 4.90 Å². The number of likely N-dealkylation sites (tertiary alicyclic amines) is 1. The van der Waals surface area contributed by atoms with Crippen LogP contribution in [0.25, 0.3) is 0 Å². The molecule has 0 radical (unpaired) electrons. The number of hydrogen-bond donors (Lipinski definition) is 1. The summed E-state index contributed by atoms with van der Waals surface area (Å²) in [5, 5.41) is 3.60. The summed E-state index contributed by atoms with van der Waals surface area (Å²) in [6.07, 6.45) is 2.46. The van der Waals surface area contributed by atoms with Crippen LogP contribution in [0, 0.1) is 3.77 Å². The summed E-state index contributed by atoms with van der Waals surface area (Å²) in [6, 6.07) is 4.70. The number of piperidine rings is 1. The van der Waals surface area contributed by atoms with Gasteiger partial charge in [0.1, 0.15) is 5.76 Å². The van der Waals surface area contributed by atoms with Crippen LogP contribution in [-0.4, -0.2) is 29.6 Å². The number of hydrogen-bond acceptors (Lipinski definition) is 3. The summed E-state index contributed by atoms with van der Waals surface area (Å²) in [7, 11) is 0. The molecule has 18 heavy (non-hydrogen) atoms. The maximum absolute atomic E-state index is 5.56. The molecule has 0 bridgehead atoms. The van der Waals surface area contributed by atoms with Crippen LogP contribution in [-0.2, 0) is 6.54 Å². The third-order valence-corrected chi connectivity index (χ3v) is 4.22. The van der Waals surface area contributed by atoms with Gasteiger partial charge in [0.25, 0.3) is 0 Å². The Hall–Kier alpha value is -0.0700. The molecule has 1 aromatic heterocycles. The van der Waals surface area contributed by atoms with Crippen molar-refractivity contribution in [3.63, 3.8) is 0 Å². The fourth-order valence-electron chi connectivity index (χ4n) is 2.45. The molecular weight excluding hydrogens is 339 g/mol. The van der Waals surface area contributed by atoms with Gasteiger partial charge in [-0.05, 0) is 68.3 Å². The van der Waals surface area contributed by atoms with Crippen LogP contribution in [0.1, 0.15) is 39.4 Å². The first kappa shape index (κ1) is 14.3. The molecule has 1 fully saturated rings. The van der Waals surface area contributed by atoms with E-state index in [1.165, 1.54) is 25.9 Å². The minimum absolute atomic E-state index is 0.308. The number of furan rings is 1. The Morgan fingerprint density at radius 3 is 2.50 bits per heavy atom. The Morgan fingerprint density at radius 1 is 1.33 bits per heavy atom. The van der Waals surface area contributed by atoms with Crippen LogP contribution in [0.15, 0.2) is 16.5 Å². The Kier molecular flexibility index (Phi) is 4.72. The highest BCUT2D eigenvalue weighted by Gasteiger charge is 2.26. The van der Waals surface area contributed by atoms with Crippen molar-refractivity contribution in [1.29, 1.82) is 0 Å². The van der Waals surface area contributed by atoms with Gasteiger partial charge in [0.05, 0.1) is 6.54 Å². The molecule has 0 amide bonds. The zero-order valence-corrected chi connectivity index (χ0v) is 13.7. The lowest BCUT2D eigenvalue weighted by molar-refractivity contribution is 0.0956. The number of nitrogens with one attached hydrogen (secondary N) is 1. The maximum atomic E-state index is 5.56. The second-order valence-electron chi connectivity index (χ2n) is 6.02. The maximum Gasteiger partial charge on any atom is 0.164 e. The van der Waals surface area contributed by atoms with E-state index in [4.69, 9.17) is 4.42 Å². The SMILES string of the molecule is CC(C)(C)N1CCC(NCc2ccc(I)o2)CC1. The van der Waals surface area contributed by atoms with Crippen LogP contribution >= 0.6 is 22.6 Å². The zero-order chi connectivity index (χ0) is 13.2. The van der Waals surface area contributed by atoms with E-state index in [0.717, 1.165) is 16.1 Å². The van der Waals surface area contributed by atoms with Gasteiger partial charge < -0.3 is 9.73 Å². The molecule has 1 N–H and O–H groups in total. The van der Waals surface area contributed by atoms with E-state index in [0.29, 0.717) is 11.6 Å². The third kappa shape index (κ3) is 3.96. The minimum atomic E-state index is 0.308. The molecule has 2 heterocycles. The van der Waals surface area contributed by atoms with Crippen LogP contribution in [0.4, 0.5) is 0 Å². The van der Waals surface area contributed by atoms with Crippen molar-refractivity contribution in [3.05, 3.63) is 21.7 Å². The molecule has 0 aromatic carbocycles. The lowest BCUT2D eigenvalue weighted by Crippen LogP contribution is -2.49. The molecule has 0 saturated carbocycles. The van der Waals surface area contributed by atoms with Crippen LogP contribution in [0.2, 0.25) is 0 Å². The molecule has 0 spiro atoms. The highest BCUT2D eigenvalue weighted by molar-refractivity contribution is 14.1. The molecule has 3 nitrogen and oxygen atoms in total. The first-order valence-corrected chi connectivity index (χ1v) is 7.76. The molecule has 102 valence electrons. The average molecular weight is 362 g/mol. The monoisotopic (exact) mass is 362 g/mol. The fourth-order valence-corrected chi connectivity index (χ4v) is 2.91. The van der Waals surface area contributed by atoms with Crippen LogP contribution in [0.3, 0.4) is 0 Å². The van der Waals surface area contributed by atoms with Crippen molar-refractivity contribution in [2.75, 3.05) is 13.1 Å². The predicted octanol–water partition coefficient (Wildman–Crippen LogP) is 3.24. The van der Waals surface area contributed by atoms with E-state index < -0.39 is 0 Å². The third-order valence-electron chi connectivity index (χ3n) is 3.64. The van der Waals surface area contributed by atoms with E-state index in [1.807, 2.05) is 6.07 Å². The van der Waals surface area contributed by atoms with Crippen molar-refractivity contribution in [3.8, 4) is 0 Å². The second-order valence-corrected chi connectivity index (χ2v) is 7.08. The lowest BCUT2D eigenvalue weighted by atomic mass is 9.98. The fraction of sp³-hybridized carbons (Fsp3) is 0.714. The Bertz CT molecular complexity index is 375. The van der Waals surface area contributed by atoms with E-state index in [-0.39, 0.29) is 0 Å². The zero-order valence-electron chi connectivity index (χ0n) is 11.5. The Balaban J connectivity index is 1.74. The molecule has 1 aliphatic heterocycles. The molecular formula is C14H23IN2O. The van der Waals surface area contributed by atoms with Crippen molar-refractivity contribution in [1.82, 2.24) is 10.2 Å². The molecule has 1 aromatic rings. The largest absolute Gasteiger partial charge is 0.454 e. The van der Waals surface area contributed by atoms with Gasteiger partial charge in [0, 0.05) is 24.7 Å². The molecule has 1 aliphatic rings. The van der Waals surface area contributed by atoms with Gasteiger partial charge in [-0.25, -0.2) is 0 Å². The molecule has 0 unspecified atom stereocenters. The molecule has 0 atom stereocenters. The summed E-state index contributed by atoms with van der Waals surface area (Å²) in [6.45, 7) is 10.1. The highest BCUT2D eigenvalue weighted by atomic mass is 127. The van der Waals surface area contributed by atoms with E-state index in [1.54, 1.807) is 0 Å². The van der Waals surface area contributed by atoms with Gasteiger partial charge in [-0.15, -0.1) is 0 Å². The van der Waals surface area contributed by atoms with E-state index >= 15 is 0 Å². The van der Waals surface area contributed by atoms with Crippen LogP contribution < -0.4 is 5.32 Å². The minimum Gasteiger partial charge on any atom is -0.454 e. The molecule has 4 heteroatoms. The predicted molar refractivity (Wildman–Crippen MR) is 82.6 cm³/mol. The normalized spacial score (nSPS) is 19.3. The summed E-state index contributed by atoms with van der Waals surface area (Å²) < 4.78 is 6.53. The smallest absolute Gasteiger partial charge is 0.164 e.